The van der Waals surface area contributed by atoms with Gasteiger partial charge in [-0.2, -0.15) is 0 Å². The van der Waals surface area contributed by atoms with Gasteiger partial charge in [0.25, 0.3) is 0 Å². The fourth-order valence-corrected chi connectivity index (χ4v) is 7.28. The van der Waals surface area contributed by atoms with Crippen molar-refractivity contribution in [2.45, 2.75) is 98.6 Å². The Morgan fingerprint density at radius 3 is 1.14 bits per heavy atom. The molecule has 3 aromatic rings. The fraction of sp³-hybridized carbons (Fsp3) is 0.566. The molecule has 406 valence electrons. The lowest BCUT2D eigenvalue weighted by molar-refractivity contribution is -0.0325. The first-order chi connectivity index (χ1) is 33.9. The lowest BCUT2D eigenvalue weighted by Gasteiger charge is -2.36. The second-order valence-corrected chi connectivity index (χ2v) is 21.4. The normalized spacial score (nSPS) is 16.2. The molecule has 3 amide bonds. The molecule has 17 nitrogen and oxygen atoms in total. The molecule has 3 saturated heterocycles. The van der Waals surface area contributed by atoms with E-state index < -0.39 is 40.6 Å². The topological polar surface area (TPSA) is 177 Å². The predicted molar refractivity (Wildman–Crippen MR) is 274 cm³/mol. The van der Waals surface area contributed by atoms with Crippen molar-refractivity contribution in [3.05, 3.63) is 84.2 Å². The zero-order valence-corrected chi connectivity index (χ0v) is 44.4. The number of phenols is 1. The van der Waals surface area contributed by atoms with Gasteiger partial charge in [-0.15, -0.1) is 0 Å². The smallest absolute Gasteiger partial charge is 0.410 e. The van der Waals surface area contributed by atoms with E-state index in [0.717, 1.165) is 11.6 Å². The van der Waals surface area contributed by atoms with Crippen molar-refractivity contribution < 1.29 is 66.6 Å². The number of carbonyl (C=O) groups excluding carboxylic acids is 3. The minimum Gasteiger partial charge on any atom is -0.508 e. The molecular formula is C53H77F3N6O11. The summed E-state index contributed by atoms with van der Waals surface area (Å²) in [6.45, 7) is 29.3. The van der Waals surface area contributed by atoms with E-state index in [0.29, 0.717) is 108 Å². The highest BCUT2D eigenvalue weighted by atomic mass is 19.1. The summed E-state index contributed by atoms with van der Waals surface area (Å²) in [5, 5.41) is 28.0. The summed E-state index contributed by atoms with van der Waals surface area (Å²) in [6, 6.07) is 13.4. The summed E-state index contributed by atoms with van der Waals surface area (Å²) < 4.78 is 69.5. The highest BCUT2D eigenvalue weighted by Crippen LogP contribution is 2.29. The molecule has 3 heterocycles. The second kappa shape index (κ2) is 25.6. The van der Waals surface area contributed by atoms with Crippen molar-refractivity contribution in [1.82, 2.24) is 14.7 Å². The third kappa shape index (κ3) is 19.9. The van der Waals surface area contributed by atoms with E-state index in [-0.39, 0.29) is 42.2 Å². The third-order valence-electron chi connectivity index (χ3n) is 11.0. The summed E-state index contributed by atoms with van der Waals surface area (Å²) in [5.74, 6) is -0.565. The molecule has 3 fully saturated rings. The fourth-order valence-electron chi connectivity index (χ4n) is 7.28. The molecule has 20 heteroatoms. The van der Waals surface area contributed by atoms with E-state index in [1.54, 1.807) is 45.0 Å². The van der Waals surface area contributed by atoms with Crippen LogP contribution in [0.15, 0.2) is 66.7 Å². The van der Waals surface area contributed by atoms with Gasteiger partial charge in [0.15, 0.2) is 0 Å². The molecule has 0 saturated carbocycles. The van der Waals surface area contributed by atoms with E-state index in [9.17, 15) is 37.8 Å². The first-order valence-corrected chi connectivity index (χ1v) is 24.4. The lowest BCUT2D eigenvalue weighted by atomic mass is 10.1. The van der Waals surface area contributed by atoms with Gasteiger partial charge < -0.3 is 68.4 Å². The summed E-state index contributed by atoms with van der Waals surface area (Å²) >= 11 is 0. The molecule has 6 rings (SSSR count). The Bertz CT molecular complexity index is 2310. The monoisotopic (exact) mass is 1030 g/mol. The number of aliphatic hydroxyl groups excluding tert-OH is 1. The first kappa shape index (κ1) is 59.3. The Morgan fingerprint density at radius 1 is 0.534 bits per heavy atom. The van der Waals surface area contributed by atoms with Gasteiger partial charge in [-0.1, -0.05) is 6.58 Å². The zero-order chi connectivity index (χ0) is 54.5. The standard InChI is InChI=1S/C19H29FN2O5.C19H27FN2O3.C15H21FN2O3/c1-18(2,3)27-17(24)22-9-7-21(8-10-22)16-6-5-14(11-15(16)20)26-13-19(4,25)12-23;1-14(2)13-24-15-6-7-17(16(20)12-15)21-8-10-22(11-9-21)18(23)25-19(3,4)5;1-15(2,3)21-14(20)18-8-6-17(7-9-18)13-5-4-11(19)10-12(13)16/h5-6,11,23,25H,7-10,12-13H2,1-4H3;6-7,12H,1,8-11,13H2,2-5H3;4-5,10,19H,6-9H2,1-3H3. The number of phenolic OH excluding ortho intramolecular Hbond substituents is 1. The van der Waals surface area contributed by atoms with Crippen LogP contribution < -0.4 is 24.2 Å². The van der Waals surface area contributed by atoms with Crippen LogP contribution in [0.1, 0.15) is 76.2 Å². The Morgan fingerprint density at radius 2 is 0.849 bits per heavy atom. The van der Waals surface area contributed by atoms with Gasteiger partial charge in [-0.3, -0.25) is 0 Å². The molecule has 0 radical (unpaired) electrons. The number of ether oxygens (including phenoxy) is 5. The molecule has 3 aromatic carbocycles. The van der Waals surface area contributed by atoms with Gasteiger partial charge in [-0.05, 0) is 118 Å². The maximum Gasteiger partial charge on any atom is 0.410 e. The van der Waals surface area contributed by atoms with E-state index in [2.05, 4.69) is 6.58 Å². The number of anilines is 3. The van der Waals surface area contributed by atoms with Crippen molar-refractivity contribution in [3.8, 4) is 17.2 Å². The highest BCUT2D eigenvalue weighted by molar-refractivity contribution is 5.70. The average molecular weight is 1030 g/mol. The minimum absolute atomic E-state index is 0.0939. The van der Waals surface area contributed by atoms with Crippen LogP contribution in [-0.4, -0.2) is 169 Å². The number of amides is 3. The van der Waals surface area contributed by atoms with Gasteiger partial charge in [-0.25, -0.2) is 27.6 Å². The maximum absolute atomic E-state index is 14.5. The van der Waals surface area contributed by atoms with Crippen LogP contribution in [0.2, 0.25) is 0 Å². The summed E-state index contributed by atoms with van der Waals surface area (Å²) in [7, 11) is 0. The van der Waals surface area contributed by atoms with Gasteiger partial charge >= 0.3 is 18.3 Å². The van der Waals surface area contributed by atoms with Crippen molar-refractivity contribution >= 4 is 35.3 Å². The Labute approximate surface area is 428 Å². The van der Waals surface area contributed by atoms with Crippen LogP contribution in [0.3, 0.4) is 0 Å². The van der Waals surface area contributed by atoms with Gasteiger partial charge in [0.05, 0.1) is 23.7 Å². The molecule has 3 N–H and O–H groups in total. The number of benzene rings is 3. The summed E-state index contributed by atoms with van der Waals surface area (Å²) in [6.07, 6.45) is -1.02. The van der Waals surface area contributed by atoms with Gasteiger partial charge in [0.2, 0.25) is 0 Å². The van der Waals surface area contributed by atoms with Crippen LogP contribution in [0, 0.1) is 17.5 Å². The SMILES string of the molecule is C=C(C)COc1ccc(N2CCN(C(=O)OC(C)(C)C)CC2)c(F)c1.CC(C)(C)OC(=O)N1CCN(c2ccc(O)cc2F)CC1.CC(O)(CO)COc1ccc(N2CCN(C(=O)OC(C)(C)C)CC2)c(F)c1. The van der Waals surface area contributed by atoms with E-state index in [1.807, 2.05) is 83.9 Å². The highest BCUT2D eigenvalue weighted by Gasteiger charge is 2.30. The lowest BCUT2D eigenvalue weighted by Crippen LogP contribution is -2.50. The van der Waals surface area contributed by atoms with Crippen LogP contribution in [0.5, 0.6) is 17.2 Å². The number of aliphatic hydroxyl groups is 2. The number of halogens is 3. The van der Waals surface area contributed by atoms with E-state index in [1.165, 1.54) is 25.1 Å². The van der Waals surface area contributed by atoms with Crippen LogP contribution in [-0.2, 0) is 14.2 Å². The van der Waals surface area contributed by atoms with Crippen molar-refractivity contribution in [1.29, 1.82) is 0 Å². The average Bonchev–Trinajstić information content (AvgIpc) is 3.29. The predicted octanol–water partition coefficient (Wildman–Crippen LogP) is 8.43. The van der Waals surface area contributed by atoms with Crippen LogP contribution in [0.25, 0.3) is 0 Å². The molecule has 0 spiro atoms. The van der Waals surface area contributed by atoms with Crippen molar-refractivity contribution in [2.75, 3.05) is 113 Å². The Hall–Kier alpha value is -6.28. The molecule has 0 aromatic heterocycles. The molecule has 1 unspecified atom stereocenters. The molecule has 3 aliphatic rings. The number of piperazine rings is 3. The molecular weight excluding hydrogens is 954 g/mol. The Balaban J connectivity index is 0.000000239. The largest absolute Gasteiger partial charge is 0.508 e. The third-order valence-corrected chi connectivity index (χ3v) is 11.0. The Kier molecular flexibility index (Phi) is 20.8. The number of hydrogen-bond donors (Lipinski definition) is 3. The maximum atomic E-state index is 14.5. The summed E-state index contributed by atoms with van der Waals surface area (Å²) in [5.41, 5.74) is -0.688. The molecule has 3 aliphatic heterocycles. The first-order valence-electron chi connectivity index (χ1n) is 24.4. The molecule has 1 atom stereocenters. The molecule has 73 heavy (non-hydrogen) atoms. The zero-order valence-electron chi connectivity index (χ0n) is 44.4. The molecule has 0 bridgehead atoms. The number of carbonyl (C=O) groups is 3. The quantitative estimate of drug-likeness (QED) is 0.130. The second-order valence-electron chi connectivity index (χ2n) is 21.4. The summed E-state index contributed by atoms with van der Waals surface area (Å²) in [4.78, 5) is 46.7. The van der Waals surface area contributed by atoms with Crippen molar-refractivity contribution in [3.63, 3.8) is 0 Å². The van der Waals surface area contributed by atoms with Gasteiger partial charge in [0, 0.05) is 96.7 Å². The van der Waals surface area contributed by atoms with E-state index in [4.69, 9.17) is 28.8 Å². The number of hydrogen-bond acceptors (Lipinski definition) is 14. The van der Waals surface area contributed by atoms with Crippen molar-refractivity contribution in [2.24, 2.45) is 0 Å². The van der Waals surface area contributed by atoms with E-state index >= 15 is 0 Å². The number of rotatable bonds is 10. The number of aromatic hydroxyl groups is 1. The van der Waals surface area contributed by atoms with Gasteiger partial charge in [0.1, 0.15) is 70.3 Å². The van der Waals surface area contributed by atoms with Crippen LogP contribution in [0.4, 0.5) is 44.6 Å². The van der Waals surface area contributed by atoms with Crippen LogP contribution >= 0.6 is 0 Å². The molecule has 0 aliphatic carbocycles. The minimum atomic E-state index is -1.38. The number of nitrogens with zero attached hydrogens (tertiary/aromatic N) is 6.